The van der Waals surface area contributed by atoms with Crippen LogP contribution in [-0.2, 0) is 0 Å². The Hall–Kier alpha value is -1.29. The van der Waals surface area contributed by atoms with E-state index >= 15 is 0 Å². The van der Waals surface area contributed by atoms with Crippen molar-refractivity contribution in [1.82, 2.24) is 4.90 Å². The third-order valence-corrected chi connectivity index (χ3v) is 2.68. The minimum Gasteiger partial charge on any atom is -0.296 e. The lowest BCUT2D eigenvalue weighted by Gasteiger charge is -2.20. The van der Waals surface area contributed by atoms with Gasteiger partial charge in [-0.2, -0.15) is 0 Å². The molecule has 0 bridgehead atoms. The van der Waals surface area contributed by atoms with E-state index < -0.39 is 11.6 Å². The van der Waals surface area contributed by atoms with Crippen LogP contribution < -0.4 is 0 Å². The zero-order valence-electron chi connectivity index (χ0n) is 10.9. The number of carbonyl (C=O) groups is 1. The van der Waals surface area contributed by atoms with Crippen LogP contribution in [-0.4, -0.2) is 30.3 Å². The third-order valence-electron chi connectivity index (χ3n) is 2.68. The van der Waals surface area contributed by atoms with Crippen LogP contribution in [0.5, 0.6) is 0 Å². The van der Waals surface area contributed by atoms with E-state index in [-0.39, 0.29) is 17.9 Å². The van der Waals surface area contributed by atoms with Crippen molar-refractivity contribution in [3.05, 3.63) is 35.4 Å². The fourth-order valence-corrected chi connectivity index (χ4v) is 1.91. The molecule has 2 nitrogen and oxygen atoms in total. The Morgan fingerprint density at radius 3 is 2.28 bits per heavy atom. The van der Waals surface area contributed by atoms with Crippen LogP contribution in [0.2, 0.25) is 0 Å². The number of benzene rings is 1. The number of Topliss-reactive ketones (excluding diaryl/α,β-unsaturated/α-hetero) is 1. The van der Waals surface area contributed by atoms with E-state index in [1.54, 1.807) is 0 Å². The molecule has 0 aliphatic rings. The molecule has 1 aromatic carbocycles. The molecule has 0 fully saturated rings. The molecular formula is C14H19F2NO. The third kappa shape index (κ3) is 4.18. The minimum atomic E-state index is -0.784. The number of hydrogen-bond donors (Lipinski definition) is 0. The van der Waals surface area contributed by atoms with Gasteiger partial charge in [-0.15, -0.1) is 0 Å². The van der Waals surface area contributed by atoms with Gasteiger partial charge in [0.15, 0.2) is 5.78 Å². The first-order chi connectivity index (χ1) is 8.58. The molecule has 0 aliphatic carbocycles. The van der Waals surface area contributed by atoms with Gasteiger partial charge in [-0.25, -0.2) is 8.78 Å². The van der Waals surface area contributed by atoms with Crippen molar-refractivity contribution in [2.75, 3.05) is 19.6 Å². The lowest BCUT2D eigenvalue weighted by molar-refractivity contribution is 0.0926. The monoisotopic (exact) mass is 255 g/mol. The molecule has 0 saturated carbocycles. The second kappa shape index (κ2) is 7.21. The van der Waals surface area contributed by atoms with Crippen molar-refractivity contribution in [3.63, 3.8) is 0 Å². The second-order valence-electron chi connectivity index (χ2n) is 4.32. The average molecular weight is 255 g/mol. The van der Waals surface area contributed by atoms with Crippen LogP contribution in [0.25, 0.3) is 0 Å². The van der Waals surface area contributed by atoms with E-state index in [0.717, 1.165) is 38.1 Å². The molecule has 0 saturated heterocycles. The molecule has 100 valence electrons. The summed E-state index contributed by atoms with van der Waals surface area (Å²) < 4.78 is 26.2. The molecule has 0 unspecified atom stereocenters. The van der Waals surface area contributed by atoms with Gasteiger partial charge in [0.25, 0.3) is 0 Å². The van der Waals surface area contributed by atoms with Crippen LogP contribution in [0.4, 0.5) is 8.78 Å². The highest BCUT2D eigenvalue weighted by atomic mass is 19.1. The topological polar surface area (TPSA) is 20.3 Å². The number of carbonyl (C=O) groups excluding carboxylic acids is 1. The van der Waals surface area contributed by atoms with Gasteiger partial charge in [-0.1, -0.05) is 13.8 Å². The van der Waals surface area contributed by atoms with Crippen LogP contribution in [0.15, 0.2) is 18.2 Å². The first-order valence-electron chi connectivity index (χ1n) is 6.29. The van der Waals surface area contributed by atoms with Crippen LogP contribution in [0, 0.1) is 11.6 Å². The van der Waals surface area contributed by atoms with Gasteiger partial charge in [-0.3, -0.25) is 9.69 Å². The summed E-state index contributed by atoms with van der Waals surface area (Å²) in [6, 6.07) is 3.07. The smallest absolute Gasteiger partial charge is 0.179 e. The van der Waals surface area contributed by atoms with Crippen molar-refractivity contribution in [2.45, 2.75) is 26.7 Å². The maximum Gasteiger partial charge on any atom is 0.179 e. The van der Waals surface area contributed by atoms with Crippen molar-refractivity contribution in [1.29, 1.82) is 0 Å². The van der Waals surface area contributed by atoms with E-state index in [2.05, 4.69) is 0 Å². The maximum atomic E-state index is 13.4. The summed E-state index contributed by atoms with van der Waals surface area (Å²) in [6.45, 7) is 5.87. The lowest BCUT2D eigenvalue weighted by Crippen LogP contribution is -2.31. The summed E-state index contributed by atoms with van der Waals surface area (Å²) in [6.07, 6.45) is 1.89. The first-order valence-corrected chi connectivity index (χ1v) is 6.29. The summed E-state index contributed by atoms with van der Waals surface area (Å²) in [5.74, 6) is -1.75. The summed E-state index contributed by atoms with van der Waals surface area (Å²) in [4.78, 5) is 13.9. The van der Waals surface area contributed by atoms with Crippen molar-refractivity contribution in [2.24, 2.45) is 0 Å². The normalized spacial score (nSPS) is 10.9. The zero-order chi connectivity index (χ0) is 13.5. The molecule has 0 N–H and O–H groups in total. The molecule has 0 aromatic heterocycles. The molecule has 1 aromatic rings. The summed E-state index contributed by atoms with van der Waals surface area (Å²) in [5, 5.41) is 0. The summed E-state index contributed by atoms with van der Waals surface area (Å²) in [7, 11) is 0. The number of hydrogen-bond acceptors (Lipinski definition) is 2. The molecule has 1 rings (SSSR count). The fourth-order valence-electron chi connectivity index (χ4n) is 1.91. The Labute approximate surface area is 107 Å². The van der Waals surface area contributed by atoms with Gasteiger partial charge in [0, 0.05) is 6.07 Å². The van der Waals surface area contributed by atoms with Gasteiger partial charge in [0.1, 0.15) is 11.6 Å². The number of halogens is 2. The molecule has 4 heteroatoms. The average Bonchev–Trinajstić information content (AvgIpc) is 2.29. The number of nitrogens with zero attached hydrogens (tertiary/aromatic N) is 1. The Kier molecular flexibility index (Phi) is 5.92. The number of ketones is 1. The molecular weight excluding hydrogens is 236 g/mol. The lowest BCUT2D eigenvalue weighted by atomic mass is 10.1. The largest absolute Gasteiger partial charge is 0.296 e. The highest BCUT2D eigenvalue weighted by molar-refractivity contribution is 5.97. The molecule has 18 heavy (non-hydrogen) atoms. The Morgan fingerprint density at radius 2 is 1.78 bits per heavy atom. The first kappa shape index (κ1) is 14.8. The van der Waals surface area contributed by atoms with E-state index in [9.17, 15) is 13.6 Å². The Balaban J connectivity index is 2.73. The molecule has 0 atom stereocenters. The van der Waals surface area contributed by atoms with Gasteiger partial charge in [0.2, 0.25) is 0 Å². The standard InChI is InChI=1S/C14H19F2NO/c1-3-7-17(8-4-2)10-14(18)12-6-5-11(15)9-13(12)16/h5-6,9H,3-4,7-8,10H2,1-2H3. The molecule has 0 radical (unpaired) electrons. The fraction of sp³-hybridized carbons (Fsp3) is 0.500. The number of rotatable bonds is 7. The van der Waals surface area contributed by atoms with Gasteiger partial charge < -0.3 is 0 Å². The summed E-state index contributed by atoms with van der Waals surface area (Å²) >= 11 is 0. The van der Waals surface area contributed by atoms with Crippen LogP contribution in [0.3, 0.4) is 0 Å². The van der Waals surface area contributed by atoms with Crippen molar-refractivity contribution < 1.29 is 13.6 Å². The maximum absolute atomic E-state index is 13.4. The van der Waals surface area contributed by atoms with Crippen LogP contribution in [0.1, 0.15) is 37.0 Å². The van der Waals surface area contributed by atoms with Gasteiger partial charge in [-0.05, 0) is 38.1 Å². The Morgan fingerprint density at radius 1 is 1.17 bits per heavy atom. The predicted octanol–water partition coefficient (Wildman–Crippen LogP) is 3.27. The van der Waals surface area contributed by atoms with Gasteiger partial charge in [0.05, 0.1) is 12.1 Å². The molecule has 0 amide bonds. The van der Waals surface area contributed by atoms with Crippen LogP contribution >= 0.6 is 0 Å². The van der Waals surface area contributed by atoms with Crippen molar-refractivity contribution >= 4 is 5.78 Å². The SMILES string of the molecule is CCCN(CCC)CC(=O)c1ccc(F)cc1F. The Bertz CT molecular complexity index is 401. The predicted molar refractivity (Wildman–Crippen MR) is 67.7 cm³/mol. The van der Waals surface area contributed by atoms with E-state index in [4.69, 9.17) is 0 Å². The quantitative estimate of drug-likeness (QED) is 0.697. The van der Waals surface area contributed by atoms with Crippen molar-refractivity contribution in [3.8, 4) is 0 Å². The zero-order valence-corrected chi connectivity index (χ0v) is 10.9. The van der Waals surface area contributed by atoms with E-state index in [0.29, 0.717) is 0 Å². The highest BCUT2D eigenvalue weighted by Gasteiger charge is 2.15. The molecule has 0 spiro atoms. The highest BCUT2D eigenvalue weighted by Crippen LogP contribution is 2.11. The van der Waals surface area contributed by atoms with Gasteiger partial charge >= 0.3 is 0 Å². The van der Waals surface area contributed by atoms with E-state index in [1.165, 1.54) is 6.07 Å². The second-order valence-corrected chi connectivity index (χ2v) is 4.32. The molecule has 0 heterocycles. The summed E-state index contributed by atoms with van der Waals surface area (Å²) in [5.41, 5.74) is -0.0337. The minimum absolute atomic E-state index is 0.0337. The van der Waals surface area contributed by atoms with E-state index in [1.807, 2.05) is 18.7 Å². The molecule has 0 aliphatic heterocycles.